The number of rotatable bonds is 13. The predicted molar refractivity (Wildman–Crippen MR) is 180 cm³/mol. The van der Waals surface area contributed by atoms with E-state index in [2.05, 4.69) is 5.32 Å². The molecule has 0 radical (unpaired) electrons. The van der Waals surface area contributed by atoms with Crippen LogP contribution in [0.15, 0.2) is 84.9 Å². The molecule has 0 saturated carbocycles. The molecule has 0 bridgehead atoms. The lowest BCUT2D eigenvalue weighted by molar-refractivity contribution is -0.117. The number of carbonyl (C=O) groups excluding carboxylic acids is 2. The van der Waals surface area contributed by atoms with Crippen molar-refractivity contribution in [1.29, 1.82) is 5.41 Å². The van der Waals surface area contributed by atoms with Crippen LogP contribution >= 0.6 is 11.6 Å². The highest BCUT2D eigenvalue weighted by atomic mass is 35.5. The van der Waals surface area contributed by atoms with Crippen molar-refractivity contribution < 1.29 is 28.2 Å². The normalized spacial score (nSPS) is 15.7. The molecule has 4 aromatic carbocycles. The molecule has 8 nitrogen and oxygen atoms in total. The number of alkyl carbamates (subject to hydrolysis) is 1. The minimum absolute atomic E-state index is 0.0424. The summed E-state index contributed by atoms with van der Waals surface area (Å²) in [6.07, 6.45) is 4.07. The van der Waals surface area contributed by atoms with Gasteiger partial charge in [-0.3, -0.25) is 4.79 Å². The van der Waals surface area contributed by atoms with Gasteiger partial charge in [0.15, 0.2) is 0 Å². The SMILES string of the molecule is COc1ccc(COC(=O)N[C@H]2CC(=O)N(c3ccc(CCCCc4ccc(F)cc4)c(C=N)c3)C2c2cccc(Cl)c2)c(OC)c1. The molecule has 5 rings (SSSR count). The standard InChI is InChI=1S/C37H37ClFN3O5/c1-45-32-17-13-27(34(20-32)46-2)23-47-37(44)41-33-21-35(43)42(36(33)26-8-5-9-29(38)18-26)31-16-12-25(28(19-31)22-40)7-4-3-6-24-10-14-30(39)15-11-24/h5,8-20,22,33,36,40H,3-4,6-7,21,23H2,1-2H3,(H,41,44)/t33-,36?/m0/s1. The summed E-state index contributed by atoms with van der Waals surface area (Å²) in [4.78, 5) is 28.3. The van der Waals surface area contributed by atoms with E-state index in [1.165, 1.54) is 25.5 Å². The van der Waals surface area contributed by atoms with Crippen LogP contribution in [0.2, 0.25) is 5.02 Å². The summed E-state index contributed by atoms with van der Waals surface area (Å²) < 4.78 is 29.4. The first-order chi connectivity index (χ1) is 22.8. The van der Waals surface area contributed by atoms with Crippen LogP contribution < -0.4 is 19.7 Å². The van der Waals surface area contributed by atoms with E-state index in [1.54, 1.807) is 54.5 Å². The lowest BCUT2D eigenvalue weighted by atomic mass is 9.97. The largest absolute Gasteiger partial charge is 0.497 e. The van der Waals surface area contributed by atoms with Crippen LogP contribution in [0.25, 0.3) is 0 Å². The molecule has 1 aliphatic rings. The number of ether oxygens (including phenoxy) is 3. The van der Waals surface area contributed by atoms with Crippen LogP contribution in [0.4, 0.5) is 14.9 Å². The van der Waals surface area contributed by atoms with E-state index < -0.39 is 18.2 Å². The third-order valence-electron chi connectivity index (χ3n) is 8.31. The number of hydrogen-bond acceptors (Lipinski definition) is 6. The van der Waals surface area contributed by atoms with Crippen molar-refractivity contribution in [2.24, 2.45) is 0 Å². The molecule has 1 fully saturated rings. The first-order valence-electron chi connectivity index (χ1n) is 15.4. The van der Waals surface area contributed by atoms with E-state index in [-0.39, 0.29) is 24.8 Å². The molecule has 244 valence electrons. The van der Waals surface area contributed by atoms with Gasteiger partial charge in [0.1, 0.15) is 23.9 Å². The first-order valence-corrected chi connectivity index (χ1v) is 15.8. The fraction of sp³-hybridized carbons (Fsp3) is 0.270. The average Bonchev–Trinajstić information content (AvgIpc) is 3.41. The summed E-state index contributed by atoms with van der Waals surface area (Å²) in [5.41, 5.74) is 4.84. The van der Waals surface area contributed by atoms with E-state index in [4.69, 9.17) is 31.2 Å². The van der Waals surface area contributed by atoms with E-state index in [9.17, 15) is 14.0 Å². The Hall–Kier alpha value is -4.89. The van der Waals surface area contributed by atoms with Gasteiger partial charge in [0.2, 0.25) is 5.91 Å². The predicted octanol–water partition coefficient (Wildman–Crippen LogP) is 7.83. The Labute approximate surface area is 278 Å². The maximum Gasteiger partial charge on any atom is 0.407 e. The summed E-state index contributed by atoms with van der Waals surface area (Å²) >= 11 is 6.37. The van der Waals surface area contributed by atoms with Gasteiger partial charge in [0.05, 0.1) is 26.3 Å². The molecular weight excluding hydrogens is 621 g/mol. The molecule has 10 heteroatoms. The number of methoxy groups -OCH3 is 2. The van der Waals surface area contributed by atoms with Crippen molar-refractivity contribution in [2.45, 2.75) is 50.8 Å². The van der Waals surface area contributed by atoms with Crippen LogP contribution in [0, 0.1) is 11.2 Å². The van der Waals surface area contributed by atoms with Gasteiger partial charge in [0, 0.05) is 35.0 Å². The highest BCUT2D eigenvalue weighted by Crippen LogP contribution is 2.39. The number of amides is 2. The number of benzene rings is 4. The molecule has 0 spiro atoms. The van der Waals surface area contributed by atoms with Gasteiger partial charge >= 0.3 is 6.09 Å². The number of hydrogen-bond donors (Lipinski definition) is 2. The quantitative estimate of drug-likeness (QED) is 0.113. The summed E-state index contributed by atoms with van der Waals surface area (Å²) in [7, 11) is 3.08. The van der Waals surface area contributed by atoms with Gasteiger partial charge in [-0.2, -0.15) is 0 Å². The van der Waals surface area contributed by atoms with Crippen molar-refractivity contribution in [2.75, 3.05) is 19.1 Å². The summed E-state index contributed by atoms with van der Waals surface area (Å²) in [5.74, 6) is 0.714. The van der Waals surface area contributed by atoms with Crippen molar-refractivity contribution in [3.8, 4) is 11.5 Å². The molecule has 1 saturated heterocycles. The van der Waals surface area contributed by atoms with Gasteiger partial charge in [-0.1, -0.05) is 41.9 Å². The van der Waals surface area contributed by atoms with Crippen molar-refractivity contribution in [1.82, 2.24) is 5.32 Å². The highest BCUT2D eigenvalue weighted by molar-refractivity contribution is 6.30. The molecular formula is C37H37ClFN3O5. The lowest BCUT2D eigenvalue weighted by Crippen LogP contribution is -2.40. The monoisotopic (exact) mass is 657 g/mol. The maximum atomic E-state index is 13.6. The average molecular weight is 658 g/mol. The van der Waals surface area contributed by atoms with E-state index in [1.807, 2.05) is 30.3 Å². The second-order valence-corrected chi connectivity index (χ2v) is 11.8. The summed E-state index contributed by atoms with van der Waals surface area (Å²) in [5, 5.41) is 11.5. The van der Waals surface area contributed by atoms with Gasteiger partial charge < -0.3 is 29.8 Å². The smallest absolute Gasteiger partial charge is 0.407 e. The topological polar surface area (TPSA) is 101 Å². The Morgan fingerprint density at radius 2 is 1.74 bits per heavy atom. The highest BCUT2D eigenvalue weighted by Gasteiger charge is 2.43. The van der Waals surface area contributed by atoms with Crippen LogP contribution in [0.5, 0.6) is 11.5 Å². The Kier molecular flexibility index (Phi) is 11.1. The Morgan fingerprint density at radius 1 is 0.979 bits per heavy atom. The van der Waals surface area contributed by atoms with Crippen LogP contribution in [-0.4, -0.2) is 38.5 Å². The molecule has 1 heterocycles. The fourth-order valence-corrected chi connectivity index (χ4v) is 6.14. The summed E-state index contributed by atoms with van der Waals surface area (Å²) in [6.45, 7) is -0.0424. The van der Waals surface area contributed by atoms with Gasteiger partial charge in [-0.15, -0.1) is 0 Å². The third-order valence-corrected chi connectivity index (χ3v) is 8.54. The number of unbranched alkanes of at least 4 members (excludes halogenated alkanes) is 1. The van der Waals surface area contributed by atoms with Crippen molar-refractivity contribution in [3.63, 3.8) is 0 Å². The van der Waals surface area contributed by atoms with Crippen molar-refractivity contribution >= 4 is 35.5 Å². The molecule has 2 N–H and O–H groups in total. The Balaban J connectivity index is 1.31. The second kappa shape index (κ2) is 15.6. The van der Waals surface area contributed by atoms with Crippen LogP contribution in [0.3, 0.4) is 0 Å². The molecule has 1 aliphatic heterocycles. The molecule has 1 unspecified atom stereocenters. The zero-order valence-electron chi connectivity index (χ0n) is 26.3. The number of aryl methyl sites for hydroxylation is 2. The van der Waals surface area contributed by atoms with E-state index in [0.29, 0.717) is 33.3 Å². The minimum atomic E-state index is -0.675. The Morgan fingerprint density at radius 3 is 2.47 bits per heavy atom. The zero-order chi connectivity index (χ0) is 33.3. The number of nitrogens with zero attached hydrogens (tertiary/aromatic N) is 1. The number of carbonyl (C=O) groups is 2. The molecule has 0 aromatic heterocycles. The third kappa shape index (κ3) is 8.29. The second-order valence-electron chi connectivity index (χ2n) is 11.3. The number of anilines is 1. The van der Waals surface area contributed by atoms with E-state index in [0.717, 1.165) is 42.4 Å². The minimum Gasteiger partial charge on any atom is -0.497 e. The number of nitrogens with one attached hydrogen (secondary N) is 2. The molecule has 0 aliphatic carbocycles. The first kappa shape index (κ1) is 33.5. The lowest BCUT2D eigenvalue weighted by Gasteiger charge is -2.29. The molecule has 2 atom stereocenters. The molecule has 47 heavy (non-hydrogen) atoms. The van der Waals surface area contributed by atoms with Crippen LogP contribution in [0.1, 0.15) is 53.1 Å². The van der Waals surface area contributed by atoms with Crippen molar-refractivity contribution in [3.05, 3.63) is 124 Å². The van der Waals surface area contributed by atoms with Gasteiger partial charge in [-0.05, 0) is 96.5 Å². The maximum absolute atomic E-state index is 13.6. The summed E-state index contributed by atoms with van der Waals surface area (Å²) in [6, 6.07) is 23.5. The Bertz CT molecular complexity index is 1730. The fourth-order valence-electron chi connectivity index (χ4n) is 5.94. The van der Waals surface area contributed by atoms with Gasteiger partial charge in [-0.25, -0.2) is 9.18 Å². The van der Waals surface area contributed by atoms with Crippen LogP contribution in [-0.2, 0) is 29.0 Å². The molecule has 4 aromatic rings. The molecule has 2 amide bonds. The number of halogens is 2. The zero-order valence-corrected chi connectivity index (χ0v) is 27.1. The van der Waals surface area contributed by atoms with Gasteiger partial charge in [0.25, 0.3) is 0 Å². The van der Waals surface area contributed by atoms with E-state index >= 15 is 0 Å².